The third kappa shape index (κ3) is 5.44. The molecule has 0 aliphatic carbocycles. The van der Waals surface area contributed by atoms with Gasteiger partial charge in [0.2, 0.25) is 11.8 Å². The van der Waals surface area contributed by atoms with Crippen molar-refractivity contribution in [1.29, 1.82) is 0 Å². The molecule has 1 aromatic heterocycles. The van der Waals surface area contributed by atoms with E-state index in [1.54, 1.807) is 13.0 Å². The maximum Gasteiger partial charge on any atom is 0.264 e. The Hall–Kier alpha value is -3.52. The summed E-state index contributed by atoms with van der Waals surface area (Å²) in [5.74, 6) is -0.313. The van der Waals surface area contributed by atoms with Gasteiger partial charge in [-0.15, -0.1) is 0 Å². The molecule has 5 rings (SSSR count). The van der Waals surface area contributed by atoms with E-state index < -0.39 is 11.9 Å². The molecule has 3 aromatic rings. The topological polar surface area (TPSA) is 96.3 Å². The lowest BCUT2D eigenvalue weighted by molar-refractivity contribution is -0.135. The van der Waals surface area contributed by atoms with Crippen LogP contribution in [0, 0.1) is 12.3 Å². The standard InChI is InChI=1S/C29H35N5O3/c1-19-31-23-6-4-5-22(26(23)28(37)34(19)24-11-12-25(35)32-27(24)36)30-17-20-7-9-21(10-8-20)18-33-15-13-29(2,3)14-16-33/h4-10,24,30H,11-18H2,1-3H3,(H,32,35,36). The minimum atomic E-state index is -0.742. The minimum absolute atomic E-state index is 0.200. The summed E-state index contributed by atoms with van der Waals surface area (Å²) in [5, 5.41) is 6.19. The molecule has 2 aliphatic heterocycles. The summed E-state index contributed by atoms with van der Waals surface area (Å²) in [4.78, 5) is 44.8. The van der Waals surface area contributed by atoms with Crippen molar-refractivity contribution in [1.82, 2.24) is 19.8 Å². The Morgan fingerprint density at radius 3 is 2.43 bits per heavy atom. The van der Waals surface area contributed by atoms with Gasteiger partial charge < -0.3 is 5.32 Å². The van der Waals surface area contributed by atoms with E-state index in [-0.39, 0.29) is 24.3 Å². The zero-order chi connectivity index (χ0) is 26.2. The van der Waals surface area contributed by atoms with Gasteiger partial charge in [0.05, 0.1) is 10.9 Å². The monoisotopic (exact) mass is 501 g/mol. The molecule has 0 radical (unpaired) electrons. The predicted molar refractivity (Wildman–Crippen MR) is 144 cm³/mol. The van der Waals surface area contributed by atoms with Crippen LogP contribution in [0.1, 0.15) is 62.5 Å². The van der Waals surface area contributed by atoms with Crippen molar-refractivity contribution in [2.75, 3.05) is 18.4 Å². The van der Waals surface area contributed by atoms with Crippen LogP contribution >= 0.6 is 0 Å². The third-order valence-electron chi connectivity index (χ3n) is 7.75. The number of fused-ring (bicyclic) bond motifs is 1. The first kappa shape index (κ1) is 25.1. The zero-order valence-electron chi connectivity index (χ0n) is 21.8. The fourth-order valence-electron chi connectivity index (χ4n) is 5.33. The van der Waals surface area contributed by atoms with E-state index in [4.69, 9.17) is 0 Å². The van der Waals surface area contributed by atoms with Crippen LogP contribution in [0.15, 0.2) is 47.3 Å². The van der Waals surface area contributed by atoms with Gasteiger partial charge in [-0.25, -0.2) is 4.98 Å². The normalized spacial score (nSPS) is 20.1. The third-order valence-corrected chi connectivity index (χ3v) is 7.75. The summed E-state index contributed by atoms with van der Waals surface area (Å²) in [6.07, 6.45) is 2.96. The number of hydrogen-bond donors (Lipinski definition) is 2. The van der Waals surface area contributed by atoms with Gasteiger partial charge in [0.25, 0.3) is 5.56 Å². The summed E-state index contributed by atoms with van der Waals surface area (Å²) in [5.41, 5.74) is 3.85. The van der Waals surface area contributed by atoms with Gasteiger partial charge in [0, 0.05) is 25.2 Å². The lowest BCUT2D eigenvalue weighted by Crippen LogP contribution is -2.45. The molecule has 3 heterocycles. The first-order valence-corrected chi connectivity index (χ1v) is 13.1. The molecule has 2 amide bonds. The van der Waals surface area contributed by atoms with Crippen LogP contribution in [0.25, 0.3) is 10.9 Å². The number of benzene rings is 2. The van der Waals surface area contributed by atoms with E-state index in [9.17, 15) is 14.4 Å². The number of amides is 2. The summed E-state index contributed by atoms with van der Waals surface area (Å²) in [7, 11) is 0. The van der Waals surface area contributed by atoms with Crippen molar-refractivity contribution >= 4 is 28.4 Å². The lowest BCUT2D eigenvalue weighted by Gasteiger charge is -2.36. The number of imide groups is 1. The largest absolute Gasteiger partial charge is 0.380 e. The highest BCUT2D eigenvalue weighted by atomic mass is 16.2. The van der Waals surface area contributed by atoms with Gasteiger partial charge in [-0.2, -0.15) is 0 Å². The van der Waals surface area contributed by atoms with Gasteiger partial charge in [0.15, 0.2) is 0 Å². The summed E-state index contributed by atoms with van der Waals surface area (Å²) in [6.45, 7) is 10.2. The van der Waals surface area contributed by atoms with Crippen LogP contribution in [0.4, 0.5) is 5.69 Å². The second-order valence-corrected chi connectivity index (χ2v) is 11.1. The van der Waals surface area contributed by atoms with Crippen molar-refractivity contribution < 1.29 is 9.59 Å². The quantitative estimate of drug-likeness (QED) is 0.497. The Kier molecular flexibility index (Phi) is 6.86. The molecule has 2 aromatic carbocycles. The maximum absolute atomic E-state index is 13.6. The van der Waals surface area contributed by atoms with Gasteiger partial charge in [-0.3, -0.25) is 29.2 Å². The van der Waals surface area contributed by atoms with Crippen molar-refractivity contribution in [2.24, 2.45) is 5.41 Å². The maximum atomic E-state index is 13.6. The molecule has 0 spiro atoms. The lowest BCUT2D eigenvalue weighted by atomic mass is 9.82. The number of carbonyl (C=O) groups is 2. The molecule has 2 aliphatic rings. The van der Waals surface area contributed by atoms with Crippen LogP contribution in [0.5, 0.6) is 0 Å². The van der Waals surface area contributed by atoms with Crippen molar-refractivity contribution in [3.8, 4) is 0 Å². The van der Waals surface area contributed by atoms with Gasteiger partial charge in [-0.05, 0) is 68.0 Å². The van der Waals surface area contributed by atoms with E-state index in [1.165, 1.54) is 23.0 Å². The number of rotatable bonds is 6. The summed E-state index contributed by atoms with van der Waals surface area (Å²) in [6, 6.07) is 13.4. The highest BCUT2D eigenvalue weighted by Crippen LogP contribution is 2.30. The van der Waals surface area contributed by atoms with Crippen LogP contribution in [0.3, 0.4) is 0 Å². The average molecular weight is 502 g/mol. The van der Waals surface area contributed by atoms with Crippen LogP contribution in [0.2, 0.25) is 0 Å². The fourth-order valence-corrected chi connectivity index (χ4v) is 5.33. The molecule has 2 saturated heterocycles. The molecular formula is C29H35N5O3. The van der Waals surface area contributed by atoms with Gasteiger partial charge in [0.1, 0.15) is 11.9 Å². The number of hydrogen-bond acceptors (Lipinski definition) is 6. The second kappa shape index (κ2) is 10.1. The number of aromatic nitrogens is 2. The van der Waals surface area contributed by atoms with Gasteiger partial charge >= 0.3 is 0 Å². The molecular weight excluding hydrogens is 466 g/mol. The molecule has 1 atom stereocenters. The molecule has 37 heavy (non-hydrogen) atoms. The minimum Gasteiger partial charge on any atom is -0.380 e. The molecule has 2 fully saturated rings. The van der Waals surface area contributed by atoms with Gasteiger partial charge in [-0.1, -0.05) is 44.2 Å². The molecule has 1 unspecified atom stereocenters. The van der Waals surface area contributed by atoms with Crippen LogP contribution in [-0.2, 0) is 22.7 Å². The number of piperidine rings is 2. The predicted octanol–water partition coefficient (Wildman–Crippen LogP) is 3.92. The molecule has 8 heteroatoms. The first-order chi connectivity index (χ1) is 17.7. The van der Waals surface area contributed by atoms with E-state index in [0.29, 0.717) is 34.4 Å². The number of carbonyl (C=O) groups excluding carboxylic acids is 2. The second-order valence-electron chi connectivity index (χ2n) is 11.1. The van der Waals surface area contributed by atoms with E-state index in [1.807, 2.05) is 12.1 Å². The van der Waals surface area contributed by atoms with Crippen molar-refractivity contribution in [2.45, 2.75) is 65.6 Å². The van der Waals surface area contributed by atoms with Crippen molar-refractivity contribution in [3.63, 3.8) is 0 Å². The Morgan fingerprint density at radius 2 is 1.73 bits per heavy atom. The zero-order valence-corrected chi connectivity index (χ0v) is 21.8. The number of nitrogens with one attached hydrogen (secondary N) is 2. The van der Waals surface area contributed by atoms with Crippen LogP contribution in [-0.4, -0.2) is 39.4 Å². The molecule has 0 bridgehead atoms. The van der Waals surface area contributed by atoms with E-state index in [0.717, 1.165) is 25.2 Å². The molecule has 8 nitrogen and oxygen atoms in total. The summed E-state index contributed by atoms with van der Waals surface area (Å²) < 4.78 is 1.42. The molecule has 194 valence electrons. The molecule has 0 saturated carbocycles. The number of likely N-dealkylation sites (tertiary alicyclic amines) is 1. The highest BCUT2D eigenvalue weighted by Gasteiger charge is 2.31. The summed E-state index contributed by atoms with van der Waals surface area (Å²) >= 11 is 0. The van der Waals surface area contributed by atoms with Crippen LogP contribution < -0.4 is 16.2 Å². The smallest absolute Gasteiger partial charge is 0.264 e. The van der Waals surface area contributed by atoms with E-state index >= 15 is 0 Å². The Labute approximate surface area is 217 Å². The highest BCUT2D eigenvalue weighted by molar-refractivity contribution is 5.99. The van der Waals surface area contributed by atoms with Crippen molar-refractivity contribution in [3.05, 3.63) is 69.8 Å². The first-order valence-electron chi connectivity index (χ1n) is 13.1. The number of nitrogens with zero attached hydrogens (tertiary/aromatic N) is 3. The fraction of sp³-hybridized carbons (Fsp3) is 0.448. The number of aryl methyl sites for hydroxylation is 1. The van der Waals surface area contributed by atoms with E-state index in [2.05, 4.69) is 58.6 Å². The Bertz CT molecular complexity index is 1380. The number of anilines is 1. The Balaban J connectivity index is 1.32. The Morgan fingerprint density at radius 1 is 1.03 bits per heavy atom. The molecule has 2 N–H and O–H groups in total. The SMILES string of the molecule is Cc1nc2cccc(NCc3ccc(CN4CCC(C)(C)CC4)cc3)c2c(=O)n1C1CCC(=O)NC1=O. The average Bonchev–Trinajstić information content (AvgIpc) is 2.86.